The van der Waals surface area contributed by atoms with Gasteiger partial charge in [-0.3, -0.25) is 14.2 Å². The van der Waals surface area contributed by atoms with E-state index in [-0.39, 0.29) is 17.5 Å². The van der Waals surface area contributed by atoms with Crippen molar-refractivity contribution in [3.8, 4) is 5.69 Å². The molecule has 4 rings (SSSR count). The third-order valence-corrected chi connectivity index (χ3v) is 7.30. The van der Waals surface area contributed by atoms with E-state index < -0.39 is 0 Å². The number of amides is 1. The Labute approximate surface area is 211 Å². The molecule has 0 N–H and O–H groups in total. The van der Waals surface area contributed by atoms with E-state index in [1.807, 2.05) is 77.9 Å². The second kappa shape index (κ2) is 11.0. The number of nitrogens with zero attached hydrogens (tertiary/aromatic N) is 3. The van der Waals surface area contributed by atoms with E-state index in [0.29, 0.717) is 35.6 Å². The molecule has 0 fully saturated rings. The van der Waals surface area contributed by atoms with Gasteiger partial charge in [0.15, 0.2) is 0 Å². The topological polar surface area (TPSA) is 55.2 Å². The lowest BCUT2D eigenvalue weighted by Gasteiger charge is -2.31. The Hall–Kier alpha value is -3.25. The van der Waals surface area contributed by atoms with E-state index in [0.717, 1.165) is 23.4 Å². The zero-order chi connectivity index (χ0) is 24.9. The standard InChI is InChI=1S/C29H33N3O2S/c1-5-22-12-14-23(15-13-22)32-28(30-26-11-7-6-10-25(26)29(32)34)21(4)31(17-16-20(2)3)27(33)19-24-9-8-18-35-24/h6-15,18,20-21H,5,16-17,19H2,1-4H3. The van der Waals surface area contributed by atoms with Crippen LogP contribution >= 0.6 is 11.3 Å². The third kappa shape index (κ3) is 5.54. The molecule has 0 saturated heterocycles. The Kier molecular flexibility index (Phi) is 7.81. The maximum atomic E-state index is 13.7. The number of benzene rings is 2. The van der Waals surface area contributed by atoms with Gasteiger partial charge >= 0.3 is 0 Å². The summed E-state index contributed by atoms with van der Waals surface area (Å²) in [5, 5.41) is 2.56. The molecule has 2 aromatic heterocycles. The van der Waals surface area contributed by atoms with Crippen molar-refractivity contribution in [3.63, 3.8) is 0 Å². The van der Waals surface area contributed by atoms with E-state index in [1.165, 1.54) is 5.56 Å². The molecule has 0 spiro atoms. The summed E-state index contributed by atoms with van der Waals surface area (Å²) in [6.45, 7) is 9.02. The highest BCUT2D eigenvalue weighted by atomic mass is 32.1. The SMILES string of the molecule is CCc1ccc(-n2c(C(C)N(CCC(C)C)C(=O)Cc3cccs3)nc3ccccc3c2=O)cc1. The van der Waals surface area contributed by atoms with Crippen LogP contribution in [0.1, 0.15) is 56.4 Å². The van der Waals surface area contributed by atoms with Gasteiger partial charge < -0.3 is 4.90 Å². The van der Waals surface area contributed by atoms with Crippen molar-refractivity contribution in [2.75, 3.05) is 6.54 Å². The van der Waals surface area contributed by atoms with Crippen LogP contribution in [-0.4, -0.2) is 26.9 Å². The minimum Gasteiger partial charge on any atom is -0.332 e. The second-order valence-electron chi connectivity index (χ2n) is 9.35. The number of aryl methyl sites for hydroxylation is 1. The van der Waals surface area contributed by atoms with Crippen LogP contribution in [0.4, 0.5) is 0 Å². The number of aromatic nitrogens is 2. The molecule has 5 nitrogen and oxygen atoms in total. The first-order valence-electron chi connectivity index (χ1n) is 12.3. The highest BCUT2D eigenvalue weighted by Crippen LogP contribution is 2.25. The molecule has 182 valence electrons. The fraction of sp³-hybridized carbons (Fsp3) is 0.345. The predicted octanol–water partition coefficient (Wildman–Crippen LogP) is 6.19. The molecule has 0 bridgehead atoms. The van der Waals surface area contributed by atoms with Crippen molar-refractivity contribution in [3.05, 3.63) is 92.7 Å². The summed E-state index contributed by atoms with van der Waals surface area (Å²) in [6, 6.07) is 19.1. The first-order chi connectivity index (χ1) is 16.9. The second-order valence-corrected chi connectivity index (χ2v) is 10.4. The molecule has 0 radical (unpaired) electrons. The monoisotopic (exact) mass is 487 g/mol. The molecule has 2 aromatic carbocycles. The summed E-state index contributed by atoms with van der Waals surface area (Å²) in [7, 11) is 0. The lowest BCUT2D eigenvalue weighted by atomic mass is 10.1. The van der Waals surface area contributed by atoms with Crippen molar-refractivity contribution in [1.29, 1.82) is 0 Å². The van der Waals surface area contributed by atoms with E-state index >= 15 is 0 Å². The minimum absolute atomic E-state index is 0.0517. The number of hydrogen-bond acceptors (Lipinski definition) is 4. The highest BCUT2D eigenvalue weighted by molar-refractivity contribution is 7.10. The summed E-state index contributed by atoms with van der Waals surface area (Å²) in [5.74, 6) is 1.09. The number of thiophene rings is 1. The minimum atomic E-state index is -0.371. The van der Waals surface area contributed by atoms with Crippen molar-refractivity contribution in [1.82, 2.24) is 14.5 Å². The van der Waals surface area contributed by atoms with Crippen LogP contribution in [0.5, 0.6) is 0 Å². The Balaban J connectivity index is 1.83. The molecular formula is C29H33N3O2S. The third-order valence-electron chi connectivity index (χ3n) is 6.42. The number of rotatable bonds is 9. The number of carbonyl (C=O) groups is 1. The number of carbonyl (C=O) groups excluding carboxylic acids is 1. The Morgan fingerprint density at radius 3 is 2.43 bits per heavy atom. The van der Waals surface area contributed by atoms with Gasteiger partial charge in [0.1, 0.15) is 5.82 Å². The quantitative estimate of drug-likeness (QED) is 0.283. The van der Waals surface area contributed by atoms with Crippen LogP contribution in [0.2, 0.25) is 0 Å². The zero-order valence-electron chi connectivity index (χ0n) is 20.9. The number of fused-ring (bicyclic) bond motifs is 1. The molecule has 1 amide bonds. The molecule has 2 heterocycles. The summed E-state index contributed by atoms with van der Waals surface area (Å²) in [4.78, 5) is 35.2. The van der Waals surface area contributed by atoms with E-state index in [2.05, 4.69) is 20.8 Å². The van der Waals surface area contributed by atoms with Gasteiger partial charge in [0.05, 0.1) is 29.1 Å². The van der Waals surface area contributed by atoms with E-state index in [9.17, 15) is 9.59 Å². The molecule has 0 aliphatic heterocycles. The molecule has 1 unspecified atom stereocenters. The van der Waals surface area contributed by atoms with Crippen LogP contribution in [0.25, 0.3) is 16.6 Å². The summed E-state index contributed by atoms with van der Waals surface area (Å²) in [5.41, 5.74) is 2.50. The van der Waals surface area contributed by atoms with Gasteiger partial charge in [-0.1, -0.05) is 51.1 Å². The van der Waals surface area contributed by atoms with Gasteiger partial charge in [-0.15, -0.1) is 11.3 Å². The first kappa shape index (κ1) is 24.9. The van der Waals surface area contributed by atoms with Crippen molar-refractivity contribution in [2.24, 2.45) is 5.92 Å². The van der Waals surface area contributed by atoms with Crippen LogP contribution in [-0.2, 0) is 17.6 Å². The maximum Gasteiger partial charge on any atom is 0.266 e. The van der Waals surface area contributed by atoms with Crippen LogP contribution in [0, 0.1) is 5.92 Å². The van der Waals surface area contributed by atoms with Gasteiger partial charge in [0.25, 0.3) is 5.56 Å². The fourth-order valence-electron chi connectivity index (χ4n) is 4.30. The van der Waals surface area contributed by atoms with E-state index in [4.69, 9.17) is 4.98 Å². The van der Waals surface area contributed by atoms with Gasteiger partial charge in [-0.2, -0.15) is 0 Å². The van der Waals surface area contributed by atoms with E-state index in [1.54, 1.807) is 15.9 Å². The zero-order valence-corrected chi connectivity index (χ0v) is 21.7. The molecule has 0 saturated carbocycles. The van der Waals surface area contributed by atoms with Crippen molar-refractivity contribution >= 4 is 28.1 Å². The largest absolute Gasteiger partial charge is 0.332 e. The summed E-state index contributed by atoms with van der Waals surface area (Å²) >= 11 is 1.59. The lowest BCUT2D eigenvalue weighted by Crippen LogP contribution is -2.39. The summed E-state index contributed by atoms with van der Waals surface area (Å²) in [6.07, 6.45) is 2.15. The molecular weight excluding hydrogens is 454 g/mol. The van der Waals surface area contributed by atoms with Gasteiger partial charge in [-0.05, 0) is 67.0 Å². The van der Waals surface area contributed by atoms with Crippen LogP contribution in [0.15, 0.2) is 70.8 Å². The maximum absolute atomic E-state index is 13.7. The number of hydrogen-bond donors (Lipinski definition) is 0. The summed E-state index contributed by atoms with van der Waals surface area (Å²) < 4.78 is 1.69. The Bertz CT molecular complexity index is 1340. The average molecular weight is 488 g/mol. The first-order valence-corrected chi connectivity index (χ1v) is 13.2. The fourth-order valence-corrected chi connectivity index (χ4v) is 4.99. The lowest BCUT2D eigenvalue weighted by molar-refractivity contribution is -0.133. The normalized spacial score (nSPS) is 12.3. The Morgan fingerprint density at radius 2 is 1.77 bits per heavy atom. The molecule has 0 aliphatic carbocycles. The molecule has 4 aromatic rings. The average Bonchev–Trinajstić information content (AvgIpc) is 3.37. The van der Waals surface area contributed by atoms with Crippen molar-refractivity contribution < 1.29 is 4.79 Å². The molecule has 1 atom stereocenters. The van der Waals surface area contributed by atoms with Crippen LogP contribution in [0.3, 0.4) is 0 Å². The smallest absolute Gasteiger partial charge is 0.266 e. The van der Waals surface area contributed by atoms with Gasteiger partial charge in [-0.25, -0.2) is 4.98 Å². The molecule has 0 aliphatic rings. The van der Waals surface area contributed by atoms with Crippen molar-refractivity contribution in [2.45, 2.75) is 53.0 Å². The Morgan fingerprint density at radius 1 is 1.03 bits per heavy atom. The van der Waals surface area contributed by atoms with Crippen LogP contribution < -0.4 is 5.56 Å². The van der Waals surface area contributed by atoms with Gasteiger partial charge in [0, 0.05) is 11.4 Å². The predicted molar refractivity (Wildman–Crippen MR) is 144 cm³/mol. The van der Waals surface area contributed by atoms with Gasteiger partial charge in [0.2, 0.25) is 5.91 Å². The molecule has 35 heavy (non-hydrogen) atoms. The number of para-hydroxylation sites is 1. The highest BCUT2D eigenvalue weighted by Gasteiger charge is 2.27. The molecule has 6 heteroatoms.